The molecule has 0 aliphatic carbocycles. The predicted molar refractivity (Wildman–Crippen MR) is 52.3 cm³/mol. The quantitative estimate of drug-likeness (QED) is 0.616. The third kappa shape index (κ3) is 1.01. The van der Waals surface area contributed by atoms with E-state index in [1.807, 2.05) is 0 Å². The third-order valence-corrected chi connectivity index (χ3v) is 4.36. The van der Waals surface area contributed by atoms with Crippen molar-refractivity contribution in [1.29, 1.82) is 0 Å². The molecule has 0 radical (unpaired) electrons. The van der Waals surface area contributed by atoms with Crippen LogP contribution in [0, 0.1) is 5.92 Å². The van der Waals surface area contributed by atoms with Crippen LogP contribution in [0.25, 0.3) is 0 Å². The van der Waals surface area contributed by atoms with Crippen molar-refractivity contribution in [3.63, 3.8) is 0 Å². The molecule has 0 aromatic heterocycles. The number of fused-ring (bicyclic) bond motifs is 1. The summed E-state index contributed by atoms with van der Waals surface area (Å²) in [6.07, 6.45) is 1.23. The van der Waals surface area contributed by atoms with Crippen molar-refractivity contribution in [1.82, 2.24) is 5.32 Å². The molecule has 3 heteroatoms. The van der Waals surface area contributed by atoms with Gasteiger partial charge in [-0.05, 0) is 21.1 Å². The Bertz CT molecular complexity index is 198. The van der Waals surface area contributed by atoms with Crippen molar-refractivity contribution in [3.8, 4) is 0 Å². The van der Waals surface area contributed by atoms with E-state index in [0.717, 1.165) is 12.2 Å². The molecule has 2 unspecified atom stereocenters. The molecule has 2 heterocycles. The van der Waals surface area contributed by atoms with Crippen LogP contribution in [-0.4, -0.2) is 16.6 Å². The van der Waals surface area contributed by atoms with Gasteiger partial charge < -0.3 is 11.1 Å². The van der Waals surface area contributed by atoms with E-state index in [9.17, 15) is 0 Å². The molecule has 2 aliphatic rings. The van der Waals surface area contributed by atoms with E-state index in [1.165, 1.54) is 6.42 Å². The Labute approximate surface area is 70.6 Å². The Kier molecular flexibility index (Phi) is 1.78. The van der Waals surface area contributed by atoms with Crippen LogP contribution in [0.5, 0.6) is 0 Å². The number of rotatable bonds is 0. The van der Waals surface area contributed by atoms with Crippen molar-refractivity contribution in [2.75, 3.05) is 6.54 Å². The number of nitrogens with two attached hydrogens (primary N) is 1. The second kappa shape index (κ2) is 2.62. The topological polar surface area (TPSA) is 38.0 Å². The molecule has 2 rings (SSSR count). The maximum Gasteiger partial charge on any atom is 0.0389 e. The lowest BCUT2D eigenvalue weighted by Crippen LogP contribution is -2.31. The van der Waals surface area contributed by atoms with Gasteiger partial charge in [-0.1, -0.05) is 20.7 Å². The third-order valence-electron chi connectivity index (χ3n) is 2.09. The molecule has 0 amide bonds. The highest BCUT2D eigenvalue weighted by Gasteiger charge is 2.28. The van der Waals surface area contributed by atoms with Crippen molar-refractivity contribution in [3.05, 3.63) is 9.78 Å². The number of hydrogen-bond donors (Lipinski definition) is 2. The molecular weight excluding hydrogens is 239 g/mol. The maximum atomic E-state index is 5.85. The molecule has 2 nitrogen and oxygen atoms in total. The number of halogens is 1. The summed E-state index contributed by atoms with van der Waals surface area (Å²) in [5, 5.41) is 3.44. The van der Waals surface area contributed by atoms with Crippen LogP contribution in [0.15, 0.2) is 9.78 Å². The fraction of sp³-hybridized carbons (Fsp3) is 0.571. The van der Waals surface area contributed by atoms with E-state index >= 15 is 0 Å². The standard InChI is InChI=1S/C7H11IN2/c9-6-3-8-4-7-5(6)1-2-10-7/h3-5,7,10H,1-2,9H2. The van der Waals surface area contributed by atoms with Gasteiger partial charge in [-0.2, -0.15) is 0 Å². The Morgan fingerprint density at radius 2 is 2.60 bits per heavy atom. The van der Waals surface area contributed by atoms with Gasteiger partial charge in [0.2, 0.25) is 0 Å². The average Bonchev–Trinajstić information content (AvgIpc) is 2.36. The van der Waals surface area contributed by atoms with Gasteiger partial charge in [-0.15, -0.1) is 0 Å². The Balaban J connectivity index is 2.24. The van der Waals surface area contributed by atoms with Crippen LogP contribution in [-0.2, 0) is 0 Å². The van der Waals surface area contributed by atoms with Gasteiger partial charge in [0.1, 0.15) is 0 Å². The molecule has 1 saturated heterocycles. The summed E-state index contributed by atoms with van der Waals surface area (Å²) in [6, 6.07) is 0.623. The Morgan fingerprint density at radius 1 is 1.70 bits per heavy atom. The van der Waals surface area contributed by atoms with Gasteiger partial charge in [-0.3, -0.25) is 0 Å². The van der Waals surface area contributed by atoms with Gasteiger partial charge in [0, 0.05) is 17.7 Å². The highest BCUT2D eigenvalue weighted by atomic mass is 127. The van der Waals surface area contributed by atoms with E-state index in [4.69, 9.17) is 5.73 Å². The van der Waals surface area contributed by atoms with Crippen LogP contribution in [0.2, 0.25) is 0 Å². The largest absolute Gasteiger partial charge is 0.401 e. The summed E-state index contributed by atoms with van der Waals surface area (Å²) >= 11 is 0.166. The summed E-state index contributed by atoms with van der Waals surface area (Å²) in [6.45, 7) is 1.14. The van der Waals surface area contributed by atoms with Gasteiger partial charge in [0.15, 0.2) is 0 Å². The van der Waals surface area contributed by atoms with Crippen molar-refractivity contribution in [2.45, 2.75) is 12.5 Å². The van der Waals surface area contributed by atoms with Gasteiger partial charge in [0.25, 0.3) is 0 Å². The minimum Gasteiger partial charge on any atom is -0.401 e. The van der Waals surface area contributed by atoms with Crippen LogP contribution >= 0.6 is 20.7 Å². The van der Waals surface area contributed by atoms with Crippen LogP contribution in [0.1, 0.15) is 6.42 Å². The summed E-state index contributed by atoms with van der Waals surface area (Å²) in [5.74, 6) is 0.633. The molecule has 10 heavy (non-hydrogen) atoms. The monoisotopic (exact) mass is 250 g/mol. The SMILES string of the molecule is NC1=CI=CC2NCCC12. The zero-order valence-corrected chi connectivity index (χ0v) is 7.84. The summed E-state index contributed by atoms with van der Waals surface area (Å²) in [5.41, 5.74) is 6.99. The normalized spacial score (nSPS) is 38.2. The van der Waals surface area contributed by atoms with Crippen molar-refractivity contribution >= 4 is 24.7 Å². The molecule has 0 aromatic rings. The molecule has 56 valence electrons. The fourth-order valence-electron chi connectivity index (χ4n) is 1.50. The van der Waals surface area contributed by atoms with E-state index in [1.54, 1.807) is 0 Å². The molecule has 2 aliphatic heterocycles. The lowest BCUT2D eigenvalue weighted by molar-refractivity contribution is 0.620. The van der Waals surface area contributed by atoms with Crippen molar-refractivity contribution in [2.24, 2.45) is 11.7 Å². The predicted octanol–water partition coefficient (Wildman–Crippen LogP) is 0.551. The first-order valence-electron chi connectivity index (χ1n) is 3.52. The summed E-state index contributed by atoms with van der Waals surface area (Å²) < 4.78 is 4.67. The van der Waals surface area contributed by atoms with E-state index in [-0.39, 0.29) is 20.7 Å². The first-order chi connectivity index (χ1) is 4.88. The Morgan fingerprint density at radius 3 is 3.40 bits per heavy atom. The summed E-state index contributed by atoms with van der Waals surface area (Å²) in [4.78, 5) is 0. The van der Waals surface area contributed by atoms with Crippen LogP contribution < -0.4 is 11.1 Å². The lowest BCUT2D eigenvalue weighted by Gasteiger charge is -2.18. The van der Waals surface area contributed by atoms with Crippen molar-refractivity contribution < 1.29 is 0 Å². The zero-order chi connectivity index (χ0) is 6.97. The molecular formula is C7H11IN2. The van der Waals surface area contributed by atoms with Gasteiger partial charge in [-0.25, -0.2) is 0 Å². The first-order valence-corrected chi connectivity index (χ1v) is 6.01. The highest BCUT2D eigenvalue weighted by Crippen LogP contribution is 2.26. The van der Waals surface area contributed by atoms with E-state index < -0.39 is 0 Å². The minimum absolute atomic E-state index is 0.166. The average molecular weight is 250 g/mol. The highest BCUT2D eigenvalue weighted by molar-refractivity contribution is 14.2. The molecule has 2 atom stereocenters. The Hall–Kier alpha value is 0.1000. The number of hydrogen-bond acceptors (Lipinski definition) is 2. The summed E-state index contributed by atoms with van der Waals surface area (Å²) in [7, 11) is 0. The molecule has 0 aromatic carbocycles. The van der Waals surface area contributed by atoms with Gasteiger partial charge in [0.05, 0.1) is 0 Å². The van der Waals surface area contributed by atoms with E-state index in [2.05, 4.69) is 13.4 Å². The van der Waals surface area contributed by atoms with Gasteiger partial charge >= 0.3 is 0 Å². The second-order valence-electron chi connectivity index (χ2n) is 2.74. The molecule has 0 bridgehead atoms. The minimum atomic E-state index is 0.166. The molecule has 0 saturated carbocycles. The fourth-order valence-corrected chi connectivity index (χ4v) is 3.79. The number of nitrogens with one attached hydrogen (secondary N) is 1. The molecule has 0 spiro atoms. The smallest absolute Gasteiger partial charge is 0.0389 e. The maximum absolute atomic E-state index is 5.85. The first kappa shape index (κ1) is 6.79. The lowest BCUT2D eigenvalue weighted by atomic mass is 10.00. The van der Waals surface area contributed by atoms with Crippen LogP contribution in [0.3, 0.4) is 0 Å². The van der Waals surface area contributed by atoms with E-state index in [0.29, 0.717) is 12.0 Å². The zero-order valence-electron chi connectivity index (χ0n) is 5.68. The second-order valence-corrected chi connectivity index (χ2v) is 4.80. The molecule has 1 fully saturated rings. The van der Waals surface area contributed by atoms with Crippen LogP contribution in [0.4, 0.5) is 0 Å². The molecule has 3 N–H and O–H groups in total.